The van der Waals surface area contributed by atoms with Crippen molar-refractivity contribution in [3.63, 3.8) is 0 Å². The molecule has 1 saturated heterocycles. The second-order valence-electron chi connectivity index (χ2n) is 7.66. The Balaban J connectivity index is 1.39. The maximum atomic E-state index is 13.0. The predicted octanol–water partition coefficient (Wildman–Crippen LogP) is 5.76. The fraction of sp³-hybridized carbons (Fsp3) is 0.200. The van der Waals surface area contributed by atoms with Crippen LogP contribution in [0.25, 0.3) is 0 Å². The van der Waals surface area contributed by atoms with Gasteiger partial charge in [0.25, 0.3) is 5.91 Å². The lowest BCUT2D eigenvalue weighted by molar-refractivity contribution is 0.0951. The van der Waals surface area contributed by atoms with Crippen molar-refractivity contribution in [2.24, 2.45) is 0 Å². The SMILES string of the molecule is O=C(NCc1ccccc1Cl)c1ccc(N2CCCN(Cc3ccc(Cl)cc3)C2=O)cc1. The van der Waals surface area contributed by atoms with Crippen molar-refractivity contribution in [3.8, 4) is 0 Å². The molecule has 0 aliphatic carbocycles. The highest BCUT2D eigenvalue weighted by Crippen LogP contribution is 2.23. The van der Waals surface area contributed by atoms with Gasteiger partial charge in [-0.3, -0.25) is 9.69 Å². The Bertz CT molecular complexity index is 1100. The molecular formula is C25H23Cl2N3O2. The number of nitrogens with zero attached hydrogens (tertiary/aromatic N) is 2. The minimum atomic E-state index is -0.189. The van der Waals surface area contributed by atoms with E-state index in [2.05, 4.69) is 5.32 Å². The molecule has 1 fully saturated rings. The molecule has 0 unspecified atom stereocenters. The normalized spacial score (nSPS) is 13.9. The van der Waals surface area contributed by atoms with Crippen molar-refractivity contribution in [2.75, 3.05) is 18.0 Å². The molecule has 3 aromatic carbocycles. The van der Waals surface area contributed by atoms with Crippen LogP contribution in [-0.4, -0.2) is 29.9 Å². The Morgan fingerprint density at radius 1 is 0.906 bits per heavy atom. The average Bonchev–Trinajstić information content (AvgIpc) is 2.81. The fourth-order valence-corrected chi connectivity index (χ4v) is 4.02. The van der Waals surface area contributed by atoms with Gasteiger partial charge in [0, 0.05) is 47.5 Å². The molecule has 3 amide bonds. The van der Waals surface area contributed by atoms with Gasteiger partial charge in [-0.05, 0) is 60.0 Å². The molecule has 1 heterocycles. The smallest absolute Gasteiger partial charge is 0.324 e. The van der Waals surface area contributed by atoms with Crippen LogP contribution in [-0.2, 0) is 13.1 Å². The van der Waals surface area contributed by atoms with E-state index in [0.717, 1.165) is 23.2 Å². The molecule has 0 spiro atoms. The number of hydrogen-bond acceptors (Lipinski definition) is 2. The van der Waals surface area contributed by atoms with Crippen molar-refractivity contribution in [1.82, 2.24) is 10.2 Å². The van der Waals surface area contributed by atoms with Crippen LogP contribution in [0.5, 0.6) is 0 Å². The summed E-state index contributed by atoms with van der Waals surface area (Å²) in [5, 5.41) is 4.18. The zero-order chi connectivity index (χ0) is 22.5. The molecule has 164 valence electrons. The number of halogens is 2. The van der Waals surface area contributed by atoms with E-state index in [9.17, 15) is 9.59 Å². The molecule has 0 radical (unpaired) electrons. The van der Waals surface area contributed by atoms with Gasteiger partial charge in [-0.1, -0.05) is 53.5 Å². The Kier molecular flexibility index (Phi) is 6.98. The molecule has 32 heavy (non-hydrogen) atoms. The van der Waals surface area contributed by atoms with Crippen molar-refractivity contribution >= 4 is 40.8 Å². The summed E-state index contributed by atoms with van der Waals surface area (Å²) < 4.78 is 0. The fourth-order valence-electron chi connectivity index (χ4n) is 3.69. The highest BCUT2D eigenvalue weighted by molar-refractivity contribution is 6.31. The van der Waals surface area contributed by atoms with Crippen LogP contribution in [0.3, 0.4) is 0 Å². The number of anilines is 1. The first-order valence-electron chi connectivity index (χ1n) is 10.4. The minimum absolute atomic E-state index is 0.0397. The number of nitrogens with one attached hydrogen (secondary N) is 1. The van der Waals surface area contributed by atoms with Crippen LogP contribution in [0, 0.1) is 0 Å². The first-order chi connectivity index (χ1) is 15.5. The maximum absolute atomic E-state index is 13.0. The zero-order valence-electron chi connectivity index (χ0n) is 17.4. The molecule has 7 heteroatoms. The summed E-state index contributed by atoms with van der Waals surface area (Å²) in [4.78, 5) is 29.1. The summed E-state index contributed by atoms with van der Waals surface area (Å²) in [5.41, 5.74) is 3.20. The molecule has 0 atom stereocenters. The van der Waals surface area contributed by atoms with Crippen molar-refractivity contribution in [2.45, 2.75) is 19.5 Å². The average molecular weight is 468 g/mol. The van der Waals surface area contributed by atoms with Gasteiger partial charge in [-0.15, -0.1) is 0 Å². The Morgan fingerprint density at radius 2 is 1.62 bits per heavy atom. The molecular weight excluding hydrogens is 445 g/mol. The first-order valence-corrected chi connectivity index (χ1v) is 11.2. The summed E-state index contributed by atoms with van der Waals surface area (Å²) in [7, 11) is 0. The lowest BCUT2D eigenvalue weighted by Crippen LogP contribution is -2.49. The molecule has 5 nitrogen and oxygen atoms in total. The Morgan fingerprint density at radius 3 is 2.34 bits per heavy atom. The van der Waals surface area contributed by atoms with Crippen LogP contribution in [0.4, 0.5) is 10.5 Å². The molecule has 0 saturated carbocycles. The van der Waals surface area contributed by atoms with E-state index in [1.807, 2.05) is 59.5 Å². The predicted molar refractivity (Wildman–Crippen MR) is 128 cm³/mol. The molecule has 1 aliphatic rings. The molecule has 0 aromatic heterocycles. The quantitative estimate of drug-likeness (QED) is 0.501. The van der Waals surface area contributed by atoms with Crippen LogP contribution < -0.4 is 10.2 Å². The summed E-state index contributed by atoms with van der Waals surface area (Å²) >= 11 is 12.1. The van der Waals surface area contributed by atoms with Gasteiger partial charge >= 0.3 is 6.03 Å². The van der Waals surface area contributed by atoms with Gasteiger partial charge < -0.3 is 10.2 Å². The number of rotatable bonds is 6. The van der Waals surface area contributed by atoms with E-state index in [4.69, 9.17) is 23.2 Å². The van der Waals surface area contributed by atoms with Gasteiger partial charge in [-0.2, -0.15) is 0 Å². The zero-order valence-corrected chi connectivity index (χ0v) is 18.9. The van der Waals surface area contributed by atoms with E-state index in [-0.39, 0.29) is 11.9 Å². The standard InChI is InChI=1S/C25H23Cl2N3O2/c26-21-10-6-18(7-11-21)17-29-14-3-15-30(25(29)32)22-12-8-19(9-13-22)24(31)28-16-20-4-1-2-5-23(20)27/h1-2,4-13H,3,14-17H2,(H,28,31). The number of amides is 3. The number of benzene rings is 3. The number of carbonyl (C=O) groups excluding carboxylic acids is 2. The highest BCUT2D eigenvalue weighted by Gasteiger charge is 2.26. The third-order valence-corrected chi connectivity index (χ3v) is 6.06. The Hall–Kier alpha value is -3.02. The van der Waals surface area contributed by atoms with Crippen LogP contribution in [0.2, 0.25) is 10.0 Å². The lowest BCUT2D eigenvalue weighted by atomic mass is 10.1. The third-order valence-electron chi connectivity index (χ3n) is 5.44. The molecule has 0 bridgehead atoms. The van der Waals surface area contributed by atoms with Crippen LogP contribution >= 0.6 is 23.2 Å². The maximum Gasteiger partial charge on any atom is 0.324 e. The summed E-state index contributed by atoms with van der Waals surface area (Å²) in [6, 6.07) is 22.0. The van der Waals surface area contributed by atoms with E-state index in [0.29, 0.717) is 41.8 Å². The second-order valence-corrected chi connectivity index (χ2v) is 8.50. The number of urea groups is 1. The summed E-state index contributed by atoms with van der Waals surface area (Å²) in [5.74, 6) is -0.189. The molecule has 1 aliphatic heterocycles. The van der Waals surface area contributed by atoms with E-state index >= 15 is 0 Å². The summed E-state index contributed by atoms with van der Waals surface area (Å²) in [6.45, 7) is 2.24. The van der Waals surface area contributed by atoms with E-state index in [1.165, 1.54) is 0 Å². The van der Waals surface area contributed by atoms with Gasteiger partial charge in [0.1, 0.15) is 0 Å². The van der Waals surface area contributed by atoms with Crippen molar-refractivity contribution in [3.05, 3.63) is 99.5 Å². The Labute approximate surface area is 197 Å². The van der Waals surface area contributed by atoms with Crippen LogP contribution in [0.15, 0.2) is 72.8 Å². The van der Waals surface area contributed by atoms with Gasteiger partial charge in [-0.25, -0.2) is 4.79 Å². The lowest BCUT2D eigenvalue weighted by Gasteiger charge is -2.35. The highest BCUT2D eigenvalue weighted by atomic mass is 35.5. The second kappa shape index (κ2) is 10.1. The topological polar surface area (TPSA) is 52.7 Å². The molecule has 1 N–H and O–H groups in total. The number of hydrogen-bond donors (Lipinski definition) is 1. The van der Waals surface area contributed by atoms with Gasteiger partial charge in [0.2, 0.25) is 0 Å². The van der Waals surface area contributed by atoms with E-state index < -0.39 is 0 Å². The monoisotopic (exact) mass is 467 g/mol. The first kappa shape index (κ1) is 22.2. The van der Waals surface area contributed by atoms with Gasteiger partial charge in [0.15, 0.2) is 0 Å². The molecule has 3 aromatic rings. The molecule has 4 rings (SSSR count). The summed E-state index contributed by atoms with van der Waals surface area (Å²) in [6.07, 6.45) is 0.874. The van der Waals surface area contributed by atoms with Crippen molar-refractivity contribution < 1.29 is 9.59 Å². The van der Waals surface area contributed by atoms with Crippen LogP contribution in [0.1, 0.15) is 27.9 Å². The van der Waals surface area contributed by atoms with E-state index in [1.54, 1.807) is 23.1 Å². The largest absolute Gasteiger partial charge is 0.348 e. The van der Waals surface area contributed by atoms with Crippen molar-refractivity contribution in [1.29, 1.82) is 0 Å². The third kappa shape index (κ3) is 5.23. The van der Waals surface area contributed by atoms with Gasteiger partial charge in [0.05, 0.1) is 0 Å². The minimum Gasteiger partial charge on any atom is -0.348 e. The number of carbonyl (C=O) groups is 2.